The van der Waals surface area contributed by atoms with E-state index in [2.05, 4.69) is 10.3 Å². The lowest BCUT2D eigenvalue weighted by Gasteiger charge is -2.19. The second-order valence-corrected chi connectivity index (χ2v) is 5.23. The van der Waals surface area contributed by atoms with Gasteiger partial charge >= 0.3 is 6.09 Å². The third-order valence-corrected chi connectivity index (χ3v) is 2.31. The van der Waals surface area contributed by atoms with Crippen LogP contribution in [0.3, 0.4) is 0 Å². The molecule has 2 aromatic rings. The number of hydrogen-bond acceptors (Lipinski definition) is 4. The molecule has 100 valence electrons. The van der Waals surface area contributed by atoms with E-state index in [0.29, 0.717) is 5.69 Å². The molecule has 1 heterocycles. The first kappa shape index (κ1) is 13.1. The lowest BCUT2D eigenvalue weighted by molar-refractivity contribution is 0.0636. The fourth-order valence-corrected chi connectivity index (χ4v) is 1.61. The lowest BCUT2D eigenvalue weighted by Crippen LogP contribution is -2.27. The van der Waals surface area contributed by atoms with Crippen molar-refractivity contribution in [3.05, 3.63) is 30.5 Å². The van der Waals surface area contributed by atoms with Crippen molar-refractivity contribution in [2.75, 3.05) is 5.32 Å². The number of fused-ring (bicyclic) bond motifs is 1. The number of rotatable bonds is 1. The van der Waals surface area contributed by atoms with Crippen LogP contribution in [-0.2, 0) is 4.74 Å². The summed E-state index contributed by atoms with van der Waals surface area (Å²) in [4.78, 5) is 15.8. The van der Waals surface area contributed by atoms with Crippen LogP contribution in [0.4, 0.5) is 10.5 Å². The maximum Gasteiger partial charge on any atom is 0.412 e. The molecule has 5 heteroatoms. The summed E-state index contributed by atoms with van der Waals surface area (Å²) < 4.78 is 5.15. The molecule has 2 rings (SSSR count). The largest absolute Gasteiger partial charge is 0.508 e. The number of carbonyl (C=O) groups excluding carboxylic acids is 1. The van der Waals surface area contributed by atoms with E-state index in [4.69, 9.17) is 4.74 Å². The van der Waals surface area contributed by atoms with Gasteiger partial charge in [0.25, 0.3) is 0 Å². The highest BCUT2D eigenvalue weighted by Gasteiger charge is 2.16. The normalized spacial score (nSPS) is 11.3. The van der Waals surface area contributed by atoms with E-state index >= 15 is 0 Å². The Hall–Kier alpha value is -2.30. The Balaban J connectivity index is 2.19. The lowest BCUT2D eigenvalue weighted by atomic mass is 10.2. The fraction of sp³-hybridized carbons (Fsp3) is 0.286. The summed E-state index contributed by atoms with van der Waals surface area (Å²) >= 11 is 0. The van der Waals surface area contributed by atoms with E-state index in [9.17, 15) is 9.90 Å². The summed E-state index contributed by atoms with van der Waals surface area (Å²) in [6.07, 6.45) is 1.01. The standard InChI is InChI=1S/C14H16N2O3/c1-14(2,3)19-13(18)16-10-6-9-7-11(17)4-5-12(9)15-8-10/h4-8,17H,1-3H3,(H,16,18). The van der Waals surface area contributed by atoms with Crippen LogP contribution in [0.5, 0.6) is 5.75 Å². The van der Waals surface area contributed by atoms with Crippen LogP contribution in [0.15, 0.2) is 30.5 Å². The van der Waals surface area contributed by atoms with Gasteiger partial charge in [0, 0.05) is 5.39 Å². The molecule has 0 spiro atoms. The predicted molar refractivity (Wildman–Crippen MR) is 73.3 cm³/mol. The smallest absolute Gasteiger partial charge is 0.412 e. The first-order valence-electron chi connectivity index (χ1n) is 5.92. The van der Waals surface area contributed by atoms with Crippen molar-refractivity contribution in [3.8, 4) is 5.75 Å². The second kappa shape index (κ2) is 4.76. The number of nitrogens with one attached hydrogen (secondary N) is 1. The first-order chi connectivity index (χ1) is 8.83. The zero-order valence-corrected chi connectivity index (χ0v) is 11.1. The first-order valence-corrected chi connectivity index (χ1v) is 5.92. The number of carbonyl (C=O) groups is 1. The van der Waals surface area contributed by atoms with E-state index in [0.717, 1.165) is 10.9 Å². The topological polar surface area (TPSA) is 71.5 Å². The number of phenols is 1. The molecule has 0 saturated carbocycles. The van der Waals surface area contributed by atoms with E-state index < -0.39 is 11.7 Å². The van der Waals surface area contributed by atoms with E-state index in [1.54, 1.807) is 51.2 Å². The maximum atomic E-state index is 11.6. The van der Waals surface area contributed by atoms with Crippen molar-refractivity contribution >= 4 is 22.7 Å². The van der Waals surface area contributed by atoms with Gasteiger partial charge in [0.15, 0.2) is 0 Å². The summed E-state index contributed by atoms with van der Waals surface area (Å²) in [6, 6.07) is 6.59. The second-order valence-electron chi connectivity index (χ2n) is 5.23. The Labute approximate surface area is 111 Å². The quantitative estimate of drug-likeness (QED) is 0.825. The number of aromatic nitrogens is 1. The number of anilines is 1. The van der Waals surface area contributed by atoms with Crippen LogP contribution in [0.1, 0.15) is 20.8 Å². The third-order valence-electron chi connectivity index (χ3n) is 2.31. The van der Waals surface area contributed by atoms with Crippen LogP contribution in [0, 0.1) is 0 Å². The molecule has 0 unspecified atom stereocenters. The number of nitrogens with zero attached hydrogens (tertiary/aromatic N) is 1. The maximum absolute atomic E-state index is 11.6. The van der Waals surface area contributed by atoms with Crippen molar-refractivity contribution in [1.29, 1.82) is 0 Å². The molecule has 1 amide bonds. The molecule has 0 saturated heterocycles. The fourth-order valence-electron chi connectivity index (χ4n) is 1.61. The predicted octanol–water partition coefficient (Wildman–Crippen LogP) is 3.29. The number of pyridine rings is 1. The highest BCUT2D eigenvalue weighted by molar-refractivity contribution is 5.89. The van der Waals surface area contributed by atoms with Crippen LogP contribution in [0.25, 0.3) is 10.9 Å². The van der Waals surface area contributed by atoms with E-state index in [1.165, 1.54) is 0 Å². The molecule has 5 nitrogen and oxygen atoms in total. The van der Waals surface area contributed by atoms with Gasteiger partial charge in [-0.3, -0.25) is 10.3 Å². The summed E-state index contributed by atoms with van der Waals surface area (Å²) in [5.41, 5.74) is 0.715. The minimum atomic E-state index is -0.549. The van der Waals surface area contributed by atoms with Gasteiger partial charge in [0.2, 0.25) is 0 Å². The molecule has 1 aromatic heterocycles. The highest BCUT2D eigenvalue weighted by atomic mass is 16.6. The number of ether oxygens (including phenoxy) is 1. The molecule has 0 aliphatic heterocycles. The van der Waals surface area contributed by atoms with Gasteiger partial charge in [0.05, 0.1) is 17.4 Å². The van der Waals surface area contributed by atoms with Crippen molar-refractivity contribution in [1.82, 2.24) is 4.98 Å². The number of phenolic OH excluding ortho intramolecular Hbond substituents is 1. The number of benzene rings is 1. The van der Waals surface area contributed by atoms with Gasteiger partial charge in [-0.15, -0.1) is 0 Å². The van der Waals surface area contributed by atoms with Crippen molar-refractivity contribution in [3.63, 3.8) is 0 Å². The molecule has 0 fully saturated rings. The van der Waals surface area contributed by atoms with Gasteiger partial charge in [-0.25, -0.2) is 4.79 Å². The molecular weight excluding hydrogens is 244 g/mol. The molecule has 2 N–H and O–H groups in total. The average molecular weight is 260 g/mol. The summed E-state index contributed by atoms with van der Waals surface area (Å²) in [6.45, 7) is 5.38. The van der Waals surface area contributed by atoms with Crippen LogP contribution >= 0.6 is 0 Å². The number of hydrogen-bond donors (Lipinski definition) is 2. The van der Waals surface area contributed by atoms with E-state index in [-0.39, 0.29) is 5.75 Å². The minimum absolute atomic E-state index is 0.156. The van der Waals surface area contributed by atoms with Crippen molar-refractivity contribution in [2.24, 2.45) is 0 Å². The zero-order chi connectivity index (χ0) is 14.0. The Kier molecular flexibility index (Phi) is 3.29. The monoisotopic (exact) mass is 260 g/mol. The Bertz CT molecular complexity index is 618. The Morgan fingerprint density at radius 2 is 2.05 bits per heavy atom. The molecule has 19 heavy (non-hydrogen) atoms. The van der Waals surface area contributed by atoms with Crippen LogP contribution in [0.2, 0.25) is 0 Å². The van der Waals surface area contributed by atoms with Crippen LogP contribution in [-0.4, -0.2) is 21.8 Å². The minimum Gasteiger partial charge on any atom is -0.508 e. The molecule has 0 bridgehead atoms. The average Bonchev–Trinajstić information content (AvgIpc) is 2.25. The van der Waals surface area contributed by atoms with Crippen molar-refractivity contribution < 1.29 is 14.6 Å². The zero-order valence-electron chi connectivity index (χ0n) is 11.1. The number of aromatic hydroxyl groups is 1. The molecule has 0 atom stereocenters. The van der Waals surface area contributed by atoms with Gasteiger partial charge < -0.3 is 9.84 Å². The summed E-state index contributed by atoms with van der Waals surface area (Å²) in [5.74, 6) is 0.156. The molecular formula is C14H16N2O3. The van der Waals surface area contributed by atoms with Crippen LogP contribution < -0.4 is 5.32 Å². The molecule has 0 aliphatic carbocycles. The molecule has 1 aromatic carbocycles. The molecule has 0 radical (unpaired) electrons. The summed E-state index contributed by atoms with van der Waals surface area (Å²) in [7, 11) is 0. The Morgan fingerprint density at radius 3 is 2.74 bits per heavy atom. The van der Waals surface area contributed by atoms with Gasteiger partial charge in [-0.05, 0) is 45.0 Å². The van der Waals surface area contributed by atoms with Gasteiger partial charge in [0.1, 0.15) is 11.4 Å². The van der Waals surface area contributed by atoms with E-state index in [1.807, 2.05) is 0 Å². The SMILES string of the molecule is CC(C)(C)OC(=O)Nc1cnc2ccc(O)cc2c1. The van der Waals surface area contributed by atoms with Crippen molar-refractivity contribution in [2.45, 2.75) is 26.4 Å². The third kappa shape index (κ3) is 3.58. The molecule has 0 aliphatic rings. The van der Waals surface area contributed by atoms with Gasteiger partial charge in [-0.2, -0.15) is 0 Å². The van der Waals surface area contributed by atoms with Gasteiger partial charge in [-0.1, -0.05) is 0 Å². The number of amides is 1. The summed E-state index contributed by atoms with van der Waals surface area (Å²) in [5, 5.41) is 12.8. The Morgan fingerprint density at radius 1 is 1.32 bits per heavy atom. The highest BCUT2D eigenvalue weighted by Crippen LogP contribution is 2.21.